The molecule has 100 valence electrons. The standard InChI is InChI=1S/C14H21NO3/c1-17-13-5-4-6-14(9-13)18-11-12(16)10-15-7-2-3-8-15/h4-6,9,12,16H,2-3,7-8,10-11H2,1H3/p+1/t12-/m1/s1. The van der Waals surface area contributed by atoms with Gasteiger partial charge in [-0.3, -0.25) is 0 Å². The second-order valence-corrected chi connectivity index (χ2v) is 4.81. The molecule has 0 amide bonds. The number of methoxy groups -OCH3 is 1. The number of hydrogen-bond donors (Lipinski definition) is 2. The molecule has 1 aliphatic heterocycles. The fourth-order valence-electron chi connectivity index (χ4n) is 2.35. The quantitative estimate of drug-likeness (QED) is 0.755. The fraction of sp³-hybridized carbons (Fsp3) is 0.571. The summed E-state index contributed by atoms with van der Waals surface area (Å²) in [5.41, 5.74) is 0. The minimum Gasteiger partial charge on any atom is -0.497 e. The topological polar surface area (TPSA) is 43.1 Å². The Bertz CT molecular complexity index is 364. The zero-order chi connectivity index (χ0) is 12.8. The fourth-order valence-corrected chi connectivity index (χ4v) is 2.35. The van der Waals surface area contributed by atoms with Gasteiger partial charge in [-0.05, 0) is 12.1 Å². The average Bonchev–Trinajstić information content (AvgIpc) is 2.89. The Morgan fingerprint density at radius 3 is 2.72 bits per heavy atom. The summed E-state index contributed by atoms with van der Waals surface area (Å²) in [6, 6.07) is 7.46. The average molecular weight is 252 g/mol. The zero-order valence-corrected chi connectivity index (χ0v) is 10.9. The van der Waals surface area contributed by atoms with Crippen LogP contribution in [0.4, 0.5) is 0 Å². The number of hydrogen-bond acceptors (Lipinski definition) is 3. The normalized spacial score (nSPS) is 17.7. The maximum absolute atomic E-state index is 9.92. The Balaban J connectivity index is 1.75. The van der Waals surface area contributed by atoms with Crippen LogP contribution in [-0.2, 0) is 0 Å². The number of aliphatic hydroxyl groups is 1. The number of benzene rings is 1. The number of rotatable bonds is 6. The van der Waals surface area contributed by atoms with Crippen molar-refractivity contribution in [2.45, 2.75) is 18.9 Å². The monoisotopic (exact) mass is 252 g/mol. The van der Waals surface area contributed by atoms with E-state index in [2.05, 4.69) is 0 Å². The summed E-state index contributed by atoms with van der Waals surface area (Å²) in [5.74, 6) is 1.51. The Morgan fingerprint density at radius 2 is 2.00 bits per heavy atom. The molecule has 4 heteroatoms. The molecule has 0 spiro atoms. The molecule has 2 rings (SSSR count). The molecule has 1 saturated heterocycles. The predicted octanol–water partition coefficient (Wildman–Crippen LogP) is 0.114. The minimum absolute atomic E-state index is 0.344. The van der Waals surface area contributed by atoms with Gasteiger partial charge in [0.2, 0.25) is 0 Å². The summed E-state index contributed by atoms with van der Waals surface area (Å²) in [4.78, 5) is 1.48. The van der Waals surface area contributed by atoms with Crippen molar-refractivity contribution in [2.75, 3.05) is 33.4 Å². The van der Waals surface area contributed by atoms with E-state index in [-0.39, 0.29) is 0 Å². The molecule has 1 aromatic rings. The highest BCUT2D eigenvalue weighted by Gasteiger charge is 2.19. The number of likely N-dealkylation sites (tertiary alicyclic amines) is 1. The van der Waals surface area contributed by atoms with Gasteiger partial charge in [-0.2, -0.15) is 0 Å². The maximum atomic E-state index is 9.92. The number of quaternary nitrogens is 1. The van der Waals surface area contributed by atoms with E-state index in [0.29, 0.717) is 6.61 Å². The molecule has 1 fully saturated rings. The van der Waals surface area contributed by atoms with Crippen molar-refractivity contribution < 1.29 is 19.5 Å². The molecule has 1 heterocycles. The summed E-state index contributed by atoms with van der Waals surface area (Å²) in [7, 11) is 1.63. The third kappa shape index (κ3) is 3.89. The van der Waals surface area contributed by atoms with Gasteiger partial charge in [-0.15, -0.1) is 0 Å². The third-order valence-corrected chi connectivity index (χ3v) is 3.32. The van der Waals surface area contributed by atoms with E-state index in [1.54, 1.807) is 7.11 Å². The second-order valence-electron chi connectivity index (χ2n) is 4.81. The molecule has 0 bridgehead atoms. The lowest BCUT2D eigenvalue weighted by Gasteiger charge is -2.17. The Hall–Kier alpha value is -1.26. The first-order valence-corrected chi connectivity index (χ1v) is 6.56. The van der Waals surface area contributed by atoms with Crippen molar-refractivity contribution in [1.29, 1.82) is 0 Å². The molecule has 1 aliphatic rings. The SMILES string of the molecule is COc1cccc(OC[C@H](O)C[NH+]2CCCC2)c1. The van der Waals surface area contributed by atoms with Crippen LogP contribution in [-0.4, -0.2) is 44.6 Å². The highest BCUT2D eigenvalue weighted by atomic mass is 16.5. The van der Waals surface area contributed by atoms with Crippen LogP contribution in [0.1, 0.15) is 12.8 Å². The first-order chi connectivity index (χ1) is 8.78. The molecule has 0 saturated carbocycles. The number of nitrogens with one attached hydrogen (secondary N) is 1. The molecule has 0 aromatic heterocycles. The van der Waals surface area contributed by atoms with Crippen LogP contribution in [0.2, 0.25) is 0 Å². The molecule has 1 aromatic carbocycles. The molecule has 18 heavy (non-hydrogen) atoms. The van der Waals surface area contributed by atoms with Crippen LogP contribution in [0.25, 0.3) is 0 Å². The molecule has 0 aliphatic carbocycles. The number of aliphatic hydroxyl groups excluding tert-OH is 1. The van der Waals surface area contributed by atoms with Gasteiger partial charge < -0.3 is 19.5 Å². The largest absolute Gasteiger partial charge is 0.497 e. The van der Waals surface area contributed by atoms with Gasteiger partial charge in [0.1, 0.15) is 30.8 Å². The Labute approximate surface area is 108 Å². The van der Waals surface area contributed by atoms with Gasteiger partial charge >= 0.3 is 0 Å². The summed E-state index contributed by atoms with van der Waals surface area (Å²) in [6.07, 6.45) is 2.15. The van der Waals surface area contributed by atoms with Crippen LogP contribution in [0.15, 0.2) is 24.3 Å². The van der Waals surface area contributed by atoms with Gasteiger partial charge in [-0.1, -0.05) is 6.07 Å². The van der Waals surface area contributed by atoms with Crippen LogP contribution in [0, 0.1) is 0 Å². The smallest absolute Gasteiger partial charge is 0.137 e. The highest BCUT2D eigenvalue weighted by molar-refractivity contribution is 5.32. The van der Waals surface area contributed by atoms with Crippen LogP contribution < -0.4 is 14.4 Å². The predicted molar refractivity (Wildman–Crippen MR) is 69.3 cm³/mol. The van der Waals surface area contributed by atoms with E-state index < -0.39 is 6.10 Å². The van der Waals surface area contributed by atoms with Crippen molar-refractivity contribution in [3.63, 3.8) is 0 Å². The first kappa shape index (κ1) is 13.2. The third-order valence-electron chi connectivity index (χ3n) is 3.32. The lowest BCUT2D eigenvalue weighted by Crippen LogP contribution is -3.11. The second kappa shape index (κ2) is 6.61. The maximum Gasteiger partial charge on any atom is 0.137 e. The summed E-state index contributed by atoms with van der Waals surface area (Å²) in [6.45, 7) is 3.48. The summed E-state index contributed by atoms with van der Waals surface area (Å²) < 4.78 is 10.7. The summed E-state index contributed by atoms with van der Waals surface area (Å²) >= 11 is 0. The highest BCUT2D eigenvalue weighted by Crippen LogP contribution is 2.18. The lowest BCUT2D eigenvalue weighted by molar-refractivity contribution is -0.890. The Morgan fingerprint density at radius 1 is 1.28 bits per heavy atom. The molecule has 0 unspecified atom stereocenters. The minimum atomic E-state index is -0.399. The zero-order valence-electron chi connectivity index (χ0n) is 10.9. The van der Waals surface area contributed by atoms with E-state index in [1.807, 2.05) is 24.3 Å². The molecular weight excluding hydrogens is 230 g/mol. The van der Waals surface area contributed by atoms with Crippen LogP contribution in [0.5, 0.6) is 11.5 Å². The van der Waals surface area contributed by atoms with E-state index in [9.17, 15) is 5.11 Å². The molecule has 1 atom stereocenters. The van der Waals surface area contributed by atoms with E-state index >= 15 is 0 Å². The molecule has 2 N–H and O–H groups in total. The van der Waals surface area contributed by atoms with Crippen molar-refractivity contribution in [3.05, 3.63) is 24.3 Å². The van der Waals surface area contributed by atoms with Crippen molar-refractivity contribution >= 4 is 0 Å². The molecule has 0 radical (unpaired) electrons. The Kier molecular flexibility index (Phi) is 4.84. The van der Waals surface area contributed by atoms with Crippen molar-refractivity contribution in [1.82, 2.24) is 0 Å². The summed E-state index contributed by atoms with van der Waals surface area (Å²) in [5, 5.41) is 9.92. The van der Waals surface area contributed by atoms with E-state index in [1.165, 1.54) is 30.8 Å². The van der Waals surface area contributed by atoms with Crippen molar-refractivity contribution in [3.8, 4) is 11.5 Å². The van der Waals surface area contributed by atoms with Crippen LogP contribution in [0.3, 0.4) is 0 Å². The van der Waals surface area contributed by atoms with Gasteiger partial charge in [0.05, 0.1) is 20.2 Å². The molecule has 4 nitrogen and oxygen atoms in total. The van der Waals surface area contributed by atoms with E-state index in [0.717, 1.165) is 18.0 Å². The van der Waals surface area contributed by atoms with Crippen molar-refractivity contribution in [2.24, 2.45) is 0 Å². The van der Waals surface area contributed by atoms with Gasteiger partial charge in [0.25, 0.3) is 0 Å². The first-order valence-electron chi connectivity index (χ1n) is 6.56. The number of ether oxygens (including phenoxy) is 2. The molecular formula is C14H22NO3+. The van der Waals surface area contributed by atoms with Crippen LogP contribution >= 0.6 is 0 Å². The van der Waals surface area contributed by atoms with E-state index in [4.69, 9.17) is 9.47 Å². The van der Waals surface area contributed by atoms with Gasteiger partial charge in [-0.25, -0.2) is 0 Å². The van der Waals surface area contributed by atoms with Gasteiger partial charge in [0, 0.05) is 18.9 Å². The lowest BCUT2D eigenvalue weighted by atomic mass is 10.3. The van der Waals surface area contributed by atoms with Gasteiger partial charge in [0.15, 0.2) is 0 Å².